The normalized spacial score (nSPS) is 13.9. The fraction of sp³-hybridized carbons (Fsp3) is 0.391. The molecule has 0 N–H and O–H groups in total. The van der Waals surface area contributed by atoms with Crippen LogP contribution in [0.2, 0.25) is 0 Å². The number of sulfonamides is 1. The van der Waals surface area contributed by atoms with Crippen LogP contribution in [-0.4, -0.2) is 43.1 Å². The zero-order chi connectivity index (χ0) is 23.6. The van der Waals surface area contributed by atoms with Crippen LogP contribution in [0.4, 0.5) is 0 Å². The summed E-state index contributed by atoms with van der Waals surface area (Å²) in [6, 6.07) is 9.79. The van der Waals surface area contributed by atoms with Gasteiger partial charge in [0, 0.05) is 37.3 Å². The van der Waals surface area contributed by atoms with E-state index in [4.69, 9.17) is 9.47 Å². The molecule has 10 heteroatoms. The van der Waals surface area contributed by atoms with Crippen LogP contribution in [0.15, 0.2) is 46.3 Å². The number of amides is 1. The second-order valence-corrected chi connectivity index (χ2v) is 10.5. The highest BCUT2D eigenvalue weighted by Gasteiger charge is 2.23. The summed E-state index contributed by atoms with van der Waals surface area (Å²) in [6.45, 7) is 7.55. The number of unbranched alkanes of at least 4 members (excludes halogenated alkanes) is 1. The van der Waals surface area contributed by atoms with E-state index >= 15 is 0 Å². The third-order valence-corrected chi connectivity index (χ3v) is 8.57. The number of nitrogens with zero attached hydrogens (tertiary/aromatic N) is 3. The van der Waals surface area contributed by atoms with Crippen molar-refractivity contribution < 1.29 is 22.7 Å². The Bertz CT molecular complexity index is 1340. The van der Waals surface area contributed by atoms with Crippen molar-refractivity contribution >= 4 is 37.5 Å². The molecule has 176 valence electrons. The lowest BCUT2D eigenvalue weighted by atomic mass is 10.2. The summed E-state index contributed by atoms with van der Waals surface area (Å²) in [5.41, 5.74) is 1.26. The smallest absolute Gasteiger partial charge is 0.279 e. The number of ether oxygens (including phenoxy) is 2. The Morgan fingerprint density at radius 1 is 1.12 bits per heavy atom. The second-order valence-electron chi connectivity index (χ2n) is 7.59. The summed E-state index contributed by atoms with van der Waals surface area (Å²) in [5, 5.41) is 0. The van der Waals surface area contributed by atoms with E-state index in [9.17, 15) is 13.2 Å². The monoisotopic (exact) mass is 489 g/mol. The lowest BCUT2D eigenvalue weighted by molar-refractivity contribution is 0.0997. The molecule has 0 saturated carbocycles. The van der Waals surface area contributed by atoms with Crippen LogP contribution in [0.5, 0.6) is 11.5 Å². The minimum absolute atomic E-state index is 0.178. The highest BCUT2D eigenvalue weighted by atomic mass is 32.2. The van der Waals surface area contributed by atoms with Gasteiger partial charge in [-0.15, -0.1) is 0 Å². The molecule has 8 nitrogen and oxygen atoms in total. The summed E-state index contributed by atoms with van der Waals surface area (Å²) < 4.78 is 41.1. The first-order valence-corrected chi connectivity index (χ1v) is 13.3. The number of fused-ring (bicyclic) bond motifs is 2. The number of aromatic nitrogens is 1. The molecule has 3 aromatic rings. The zero-order valence-corrected chi connectivity index (χ0v) is 20.5. The van der Waals surface area contributed by atoms with E-state index in [-0.39, 0.29) is 11.7 Å². The number of hydrogen-bond donors (Lipinski definition) is 0. The first-order chi connectivity index (χ1) is 15.9. The van der Waals surface area contributed by atoms with E-state index in [1.54, 1.807) is 0 Å². The van der Waals surface area contributed by atoms with Crippen molar-refractivity contribution in [3.63, 3.8) is 0 Å². The maximum Gasteiger partial charge on any atom is 0.279 e. The number of thiazole rings is 1. The molecule has 1 aromatic heterocycles. The maximum atomic E-state index is 12.9. The van der Waals surface area contributed by atoms with Crippen molar-refractivity contribution in [3.8, 4) is 11.5 Å². The summed E-state index contributed by atoms with van der Waals surface area (Å²) in [6.07, 6.45) is 1.72. The average Bonchev–Trinajstić information content (AvgIpc) is 3.40. The highest BCUT2D eigenvalue weighted by molar-refractivity contribution is 7.89. The van der Waals surface area contributed by atoms with Crippen molar-refractivity contribution in [2.45, 2.75) is 45.1 Å². The SMILES string of the molecule is CCCCN(CC)S(=O)(=O)c1ccc(C(=O)N=c2sc3cc4c(cc3n2CC)OCO4)cc1. The third kappa shape index (κ3) is 4.55. The second kappa shape index (κ2) is 9.66. The lowest BCUT2D eigenvalue weighted by Crippen LogP contribution is -2.31. The Morgan fingerprint density at radius 3 is 2.45 bits per heavy atom. The molecule has 33 heavy (non-hydrogen) atoms. The molecule has 0 atom stereocenters. The number of rotatable bonds is 8. The number of carbonyl (C=O) groups is 1. The Kier molecular flexibility index (Phi) is 6.87. The standard InChI is InChI=1S/C23H27N3O5S2/c1-4-7-12-25(5-2)33(28,29)17-10-8-16(9-11-17)22(27)24-23-26(6-3)18-13-19-20(31-15-30-19)14-21(18)32-23/h8-11,13-14H,4-7,12,15H2,1-3H3. The fourth-order valence-corrected chi connectivity index (χ4v) is 6.29. The molecule has 1 aliphatic heterocycles. The minimum atomic E-state index is -3.59. The predicted molar refractivity (Wildman–Crippen MR) is 127 cm³/mol. The summed E-state index contributed by atoms with van der Waals surface area (Å²) >= 11 is 1.40. The molecule has 2 aromatic carbocycles. The molecule has 0 spiro atoms. The van der Waals surface area contributed by atoms with Crippen molar-refractivity contribution in [1.29, 1.82) is 0 Å². The van der Waals surface area contributed by atoms with E-state index in [0.29, 0.717) is 41.5 Å². The Balaban J connectivity index is 1.63. The van der Waals surface area contributed by atoms with E-state index in [1.807, 2.05) is 37.5 Å². The quantitative estimate of drug-likeness (QED) is 0.477. The Morgan fingerprint density at radius 2 is 1.82 bits per heavy atom. The molecule has 0 radical (unpaired) electrons. The molecular formula is C23H27N3O5S2. The third-order valence-electron chi connectivity index (χ3n) is 5.54. The minimum Gasteiger partial charge on any atom is -0.454 e. The molecule has 1 aliphatic rings. The zero-order valence-electron chi connectivity index (χ0n) is 18.9. The van der Waals surface area contributed by atoms with Crippen LogP contribution in [0.25, 0.3) is 10.2 Å². The van der Waals surface area contributed by atoms with E-state index in [0.717, 1.165) is 23.1 Å². The van der Waals surface area contributed by atoms with Gasteiger partial charge in [0.05, 0.1) is 15.1 Å². The van der Waals surface area contributed by atoms with Gasteiger partial charge in [0.1, 0.15) is 0 Å². The van der Waals surface area contributed by atoms with Gasteiger partial charge in [-0.25, -0.2) is 8.42 Å². The van der Waals surface area contributed by atoms with Crippen LogP contribution in [0.3, 0.4) is 0 Å². The number of benzene rings is 2. The molecule has 0 fully saturated rings. The van der Waals surface area contributed by atoms with Gasteiger partial charge in [-0.1, -0.05) is 31.6 Å². The predicted octanol–water partition coefficient (Wildman–Crippen LogP) is 4.00. The van der Waals surface area contributed by atoms with Gasteiger partial charge in [-0.05, 0) is 37.6 Å². The van der Waals surface area contributed by atoms with Crippen LogP contribution >= 0.6 is 11.3 Å². The lowest BCUT2D eigenvalue weighted by Gasteiger charge is -2.20. The molecule has 0 aliphatic carbocycles. The summed E-state index contributed by atoms with van der Waals surface area (Å²) in [7, 11) is -3.59. The van der Waals surface area contributed by atoms with Gasteiger partial charge in [-0.3, -0.25) is 4.79 Å². The van der Waals surface area contributed by atoms with E-state index in [1.165, 1.54) is 39.9 Å². The number of hydrogen-bond acceptors (Lipinski definition) is 6. The molecule has 2 heterocycles. The van der Waals surface area contributed by atoms with Crippen LogP contribution in [0.1, 0.15) is 44.0 Å². The van der Waals surface area contributed by atoms with Crippen LogP contribution < -0.4 is 14.3 Å². The molecule has 0 bridgehead atoms. The van der Waals surface area contributed by atoms with Crippen molar-refractivity contribution in [3.05, 3.63) is 46.8 Å². The van der Waals surface area contributed by atoms with Gasteiger partial charge in [0.15, 0.2) is 16.3 Å². The first-order valence-electron chi connectivity index (χ1n) is 11.0. The van der Waals surface area contributed by atoms with Crippen molar-refractivity contribution in [1.82, 2.24) is 8.87 Å². The molecule has 0 saturated heterocycles. The topological polar surface area (TPSA) is 90.2 Å². The van der Waals surface area contributed by atoms with Crippen LogP contribution in [-0.2, 0) is 16.6 Å². The first kappa shape index (κ1) is 23.5. The number of carbonyl (C=O) groups excluding carboxylic acids is 1. The Labute approximate surface area is 197 Å². The Hall–Kier alpha value is -2.69. The van der Waals surface area contributed by atoms with E-state index < -0.39 is 15.9 Å². The van der Waals surface area contributed by atoms with Gasteiger partial charge < -0.3 is 14.0 Å². The highest BCUT2D eigenvalue weighted by Crippen LogP contribution is 2.37. The maximum absolute atomic E-state index is 12.9. The summed E-state index contributed by atoms with van der Waals surface area (Å²) in [5.74, 6) is 0.935. The molecule has 4 rings (SSSR count). The summed E-state index contributed by atoms with van der Waals surface area (Å²) in [4.78, 5) is 17.9. The van der Waals surface area contributed by atoms with Crippen LogP contribution in [0, 0.1) is 0 Å². The largest absolute Gasteiger partial charge is 0.454 e. The molecular weight excluding hydrogens is 462 g/mol. The average molecular weight is 490 g/mol. The van der Waals surface area contributed by atoms with Gasteiger partial charge in [0.25, 0.3) is 5.91 Å². The van der Waals surface area contributed by atoms with Gasteiger partial charge in [-0.2, -0.15) is 9.30 Å². The van der Waals surface area contributed by atoms with E-state index in [2.05, 4.69) is 4.99 Å². The van der Waals surface area contributed by atoms with Gasteiger partial charge >= 0.3 is 0 Å². The molecule has 0 unspecified atom stereocenters. The van der Waals surface area contributed by atoms with Crippen molar-refractivity contribution in [2.24, 2.45) is 4.99 Å². The fourth-order valence-electron chi connectivity index (χ4n) is 3.70. The van der Waals surface area contributed by atoms with Gasteiger partial charge in [0.2, 0.25) is 16.8 Å². The van der Waals surface area contributed by atoms with Crippen molar-refractivity contribution in [2.75, 3.05) is 19.9 Å². The molecule has 1 amide bonds. The number of aryl methyl sites for hydroxylation is 1.